The number of anilines is 1. The van der Waals surface area contributed by atoms with Gasteiger partial charge in [-0.3, -0.25) is 4.72 Å². The van der Waals surface area contributed by atoms with E-state index in [0.29, 0.717) is 37.3 Å². The Hall–Kier alpha value is -2.24. The number of hydrogen-bond acceptors (Lipinski definition) is 3. The van der Waals surface area contributed by atoms with Crippen molar-refractivity contribution in [1.82, 2.24) is 9.55 Å². The van der Waals surface area contributed by atoms with Crippen LogP contribution in [0.3, 0.4) is 0 Å². The predicted molar refractivity (Wildman–Crippen MR) is 77.8 cm³/mol. The number of alkyl halides is 6. The van der Waals surface area contributed by atoms with Crippen molar-refractivity contribution < 1.29 is 34.8 Å². The third kappa shape index (κ3) is 3.50. The van der Waals surface area contributed by atoms with Crippen LogP contribution in [0, 0.1) is 0 Å². The second-order valence-corrected chi connectivity index (χ2v) is 7.30. The lowest BCUT2D eigenvalue weighted by molar-refractivity contribution is -0.143. The van der Waals surface area contributed by atoms with E-state index >= 15 is 0 Å². The Balaban J connectivity index is 2.03. The summed E-state index contributed by atoms with van der Waals surface area (Å²) >= 11 is 0. The first kappa shape index (κ1) is 18.5. The summed E-state index contributed by atoms with van der Waals surface area (Å²) in [7, 11) is -4.40. The van der Waals surface area contributed by atoms with Gasteiger partial charge in [-0.2, -0.15) is 34.8 Å². The molecule has 142 valence electrons. The van der Waals surface area contributed by atoms with E-state index in [1.807, 2.05) is 0 Å². The molecule has 1 N–H and O–H groups in total. The molecule has 0 bridgehead atoms. The zero-order valence-corrected chi connectivity index (χ0v) is 13.6. The number of fused-ring (bicyclic) bond motifs is 1. The highest BCUT2D eigenvalue weighted by atomic mass is 32.2. The fourth-order valence-electron chi connectivity index (χ4n) is 2.67. The molecule has 2 aromatic rings. The van der Waals surface area contributed by atoms with E-state index in [-0.39, 0.29) is 11.1 Å². The number of aromatic nitrogens is 2. The average Bonchev–Trinajstić information content (AvgIpc) is 3.06. The normalized spacial score (nSPS) is 15.2. The molecule has 0 atom stereocenters. The fourth-order valence-corrected chi connectivity index (χ4v) is 3.88. The first-order valence-electron chi connectivity index (χ1n) is 7.25. The first-order valence-corrected chi connectivity index (χ1v) is 8.73. The highest BCUT2D eigenvalue weighted by molar-refractivity contribution is 7.92. The Bertz CT molecular complexity index is 914. The van der Waals surface area contributed by atoms with Crippen LogP contribution in [0.4, 0.5) is 32.0 Å². The Kier molecular flexibility index (Phi) is 4.20. The minimum Gasteiger partial charge on any atom is -0.318 e. The number of nitrogens with one attached hydrogen (secondary N) is 1. The molecule has 0 radical (unpaired) electrons. The summed E-state index contributed by atoms with van der Waals surface area (Å²) in [5.41, 5.74) is -4.05. The molecular formula is C14H11F6N3O2S. The van der Waals surface area contributed by atoms with Crippen molar-refractivity contribution in [3.05, 3.63) is 41.3 Å². The minimum absolute atomic E-state index is 0.0751. The number of sulfonamides is 1. The van der Waals surface area contributed by atoms with E-state index in [1.54, 1.807) is 4.72 Å². The maximum atomic E-state index is 12.9. The van der Waals surface area contributed by atoms with Gasteiger partial charge in [0.15, 0.2) is 5.03 Å². The predicted octanol–water partition coefficient (Wildman–Crippen LogP) is 3.67. The molecule has 12 heteroatoms. The topological polar surface area (TPSA) is 64.0 Å². The van der Waals surface area contributed by atoms with E-state index < -0.39 is 39.2 Å². The molecule has 26 heavy (non-hydrogen) atoms. The number of imidazole rings is 1. The summed E-state index contributed by atoms with van der Waals surface area (Å²) < 4.78 is 105. The fraction of sp³-hybridized carbons (Fsp3) is 0.357. The van der Waals surface area contributed by atoms with Crippen LogP contribution < -0.4 is 4.72 Å². The molecule has 1 aliphatic rings. The summed E-state index contributed by atoms with van der Waals surface area (Å²) in [5, 5.41) is -0.309. The molecule has 0 saturated carbocycles. The second kappa shape index (κ2) is 5.89. The third-order valence-electron chi connectivity index (χ3n) is 3.80. The number of nitrogens with zero attached hydrogens (tertiary/aromatic N) is 2. The van der Waals surface area contributed by atoms with Crippen LogP contribution in [0.2, 0.25) is 0 Å². The van der Waals surface area contributed by atoms with E-state index in [2.05, 4.69) is 4.98 Å². The smallest absolute Gasteiger partial charge is 0.318 e. The number of rotatable bonds is 3. The van der Waals surface area contributed by atoms with Crippen LogP contribution in [0.25, 0.3) is 0 Å². The Morgan fingerprint density at radius 2 is 1.58 bits per heavy atom. The van der Waals surface area contributed by atoms with E-state index in [9.17, 15) is 34.8 Å². The monoisotopic (exact) mass is 399 g/mol. The standard InChI is InChI=1S/C14H11F6N3O2S/c15-13(16,17)8-4-9(14(18,19)20)6-10(5-8)22-26(24,25)12-7-21-11-2-1-3-23(11)12/h4-7,22H,1-3H2. The molecule has 1 aromatic carbocycles. The van der Waals surface area contributed by atoms with Crippen molar-refractivity contribution in [3.8, 4) is 0 Å². The van der Waals surface area contributed by atoms with Gasteiger partial charge in [-0.15, -0.1) is 0 Å². The van der Waals surface area contributed by atoms with Gasteiger partial charge in [-0.1, -0.05) is 0 Å². The number of hydrogen-bond donors (Lipinski definition) is 1. The van der Waals surface area contributed by atoms with Crippen molar-refractivity contribution in [2.24, 2.45) is 0 Å². The van der Waals surface area contributed by atoms with Gasteiger partial charge in [0.05, 0.1) is 23.0 Å². The Morgan fingerprint density at radius 3 is 2.12 bits per heavy atom. The quantitative estimate of drug-likeness (QED) is 0.802. The summed E-state index contributed by atoms with van der Waals surface area (Å²) in [5.74, 6) is 0.491. The van der Waals surface area contributed by atoms with Gasteiger partial charge >= 0.3 is 12.4 Å². The maximum Gasteiger partial charge on any atom is 0.416 e. The van der Waals surface area contributed by atoms with Crippen molar-refractivity contribution in [2.45, 2.75) is 36.8 Å². The van der Waals surface area contributed by atoms with Crippen LogP contribution in [0.5, 0.6) is 0 Å². The van der Waals surface area contributed by atoms with Crippen molar-refractivity contribution in [1.29, 1.82) is 0 Å². The lowest BCUT2D eigenvalue weighted by Gasteiger charge is -2.15. The summed E-state index contributed by atoms with van der Waals surface area (Å²) in [6.45, 7) is 0.349. The molecule has 0 saturated heterocycles. The SMILES string of the molecule is O=S(=O)(Nc1cc(C(F)(F)F)cc(C(F)(F)F)c1)c1cnc2n1CCC2. The van der Waals surface area contributed by atoms with Gasteiger partial charge in [0.2, 0.25) is 0 Å². The molecule has 5 nitrogen and oxygen atoms in total. The summed E-state index contributed by atoms with van der Waals surface area (Å²) in [4.78, 5) is 3.90. The van der Waals surface area contributed by atoms with Crippen LogP contribution in [0.15, 0.2) is 29.4 Å². The maximum absolute atomic E-state index is 12.9. The number of benzene rings is 1. The van der Waals surface area contributed by atoms with Crippen molar-refractivity contribution in [3.63, 3.8) is 0 Å². The van der Waals surface area contributed by atoms with Crippen LogP contribution >= 0.6 is 0 Å². The molecular weight excluding hydrogens is 388 g/mol. The lowest BCUT2D eigenvalue weighted by atomic mass is 10.1. The number of aryl methyl sites for hydroxylation is 1. The highest BCUT2D eigenvalue weighted by Gasteiger charge is 2.37. The van der Waals surface area contributed by atoms with Gasteiger partial charge in [-0.25, -0.2) is 4.98 Å². The van der Waals surface area contributed by atoms with Gasteiger partial charge in [-0.05, 0) is 24.6 Å². The zero-order valence-electron chi connectivity index (χ0n) is 12.8. The lowest BCUT2D eigenvalue weighted by Crippen LogP contribution is -2.18. The zero-order chi connectivity index (χ0) is 19.3. The van der Waals surface area contributed by atoms with Gasteiger partial charge in [0, 0.05) is 13.0 Å². The molecule has 0 aliphatic carbocycles. The average molecular weight is 399 g/mol. The highest BCUT2D eigenvalue weighted by Crippen LogP contribution is 2.38. The van der Waals surface area contributed by atoms with Crippen molar-refractivity contribution in [2.75, 3.05) is 4.72 Å². The molecule has 3 rings (SSSR count). The van der Waals surface area contributed by atoms with E-state index in [0.717, 1.165) is 6.20 Å². The molecule has 0 unspecified atom stereocenters. The first-order chi connectivity index (χ1) is 11.9. The van der Waals surface area contributed by atoms with E-state index in [4.69, 9.17) is 0 Å². The largest absolute Gasteiger partial charge is 0.416 e. The van der Waals surface area contributed by atoms with Gasteiger partial charge in [0.1, 0.15) is 5.82 Å². The van der Waals surface area contributed by atoms with Crippen LogP contribution in [-0.4, -0.2) is 18.0 Å². The van der Waals surface area contributed by atoms with Gasteiger partial charge in [0.25, 0.3) is 10.0 Å². The van der Waals surface area contributed by atoms with Crippen LogP contribution in [-0.2, 0) is 35.3 Å². The number of halogens is 6. The molecule has 1 aliphatic heterocycles. The molecule has 1 aromatic heterocycles. The van der Waals surface area contributed by atoms with Crippen molar-refractivity contribution >= 4 is 15.7 Å². The van der Waals surface area contributed by atoms with Crippen LogP contribution in [0.1, 0.15) is 23.4 Å². The molecule has 0 fully saturated rings. The summed E-state index contributed by atoms with van der Waals surface area (Å²) in [6.07, 6.45) is -7.93. The van der Waals surface area contributed by atoms with Gasteiger partial charge < -0.3 is 4.57 Å². The Morgan fingerprint density at radius 1 is 1.00 bits per heavy atom. The van der Waals surface area contributed by atoms with E-state index in [1.165, 1.54) is 4.57 Å². The third-order valence-corrected chi connectivity index (χ3v) is 5.18. The molecule has 2 heterocycles. The molecule has 0 spiro atoms. The molecule has 0 amide bonds. The summed E-state index contributed by atoms with van der Waals surface area (Å²) in [6, 6.07) is 0.552. The minimum atomic E-state index is -5.07. The second-order valence-electron chi connectivity index (χ2n) is 5.67. The Labute approximate surface area is 143 Å².